The first-order valence-electron chi connectivity index (χ1n) is 8.39. The lowest BCUT2D eigenvalue weighted by Gasteiger charge is -2.26. The fourth-order valence-corrected chi connectivity index (χ4v) is 2.76. The lowest BCUT2D eigenvalue weighted by atomic mass is 9.78. The number of hydrogen-bond donors (Lipinski definition) is 2. The number of phenols is 1. The third kappa shape index (κ3) is 4.03. The van der Waals surface area contributed by atoms with Crippen molar-refractivity contribution in [2.24, 2.45) is 0 Å². The number of carbonyl (C=O) groups is 1. The SMILES string of the molecule is CC(C)(c1ccc(O)cc1)c1ccc(OC(=O)Nc2ccccc2)cc1. The van der Waals surface area contributed by atoms with Gasteiger partial charge in [0.2, 0.25) is 0 Å². The number of para-hydroxylation sites is 1. The molecule has 4 nitrogen and oxygen atoms in total. The van der Waals surface area contributed by atoms with E-state index in [2.05, 4.69) is 19.2 Å². The number of ether oxygens (including phenoxy) is 1. The summed E-state index contributed by atoms with van der Waals surface area (Å²) in [5.41, 5.74) is 2.62. The van der Waals surface area contributed by atoms with Crippen molar-refractivity contribution in [3.05, 3.63) is 90.0 Å². The average Bonchev–Trinajstić information content (AvgIpc) is 2.63. The lowest BCUT2D eigenvalue weighted by molar-refractivity contribution is 0.215. The Balaban J connectivity index is 1.69. The molecule has 3 rings (SSSR count). The highest BCUT2D eigenvalue weighted by molar-refractivity contribution is 5.86. The first kappa shape index (κ1) is 17.5. The van der Waals surface area contributed by atoms with Gasteiger partial charge in [0, 0.05) is 11.1 Å². The van der Waals surface area contributed by atoms with E-state index in [-0.39, 0.29) is 11.2 Å². The van der Waals surface area contributed by atoms with Gasteiger partial charge in [-0.25, -0.2) is 4.79 Å². The van der Waals surface area contributed by atoms with E-state index in [1.807, 2.05) is 42.5 Å². The molecule has 0 heterocycles. The summed E-state index contributed by atoms with van der Waals surface area (Å²) in [5.74, 6) is 0.724. The van der Waals surface area contributed by atoms with Gasteiger partial charge in [0.05, 0.1) is 0 Å². The summed E-state index contributed by atoms with van der Waals surface area (Å²) in [6.45, 7) is 4.22. The highest BCUT2D eigenvalue weighted by Gasteiger charge is 2.23. The van der Waals surface area contributed by atoms with Crippen LogP contribution in [0.15, 0.2) is 78.9 Å². The Kier molecular flexibility index (Phi) is 4.94. The van der Waals surface area contributed by atoms with Crippen molar-refractivity contribution >= 4 is 11.8 Å². The number of rotatable bonds is 4. The number of anilines is 1. The summed E-state index contributed by atoms with van der Waals surface area (Å²) in [5, 5.41) is 12.1. The quantitative estimate of drug-likeness (QED) is 0.671. The monoisotopic (exact) mass is 347 g/mol. The van der Waals surface area contributed by atoms with Gasteiger partial charge < -0.3 is 9.84 Å². The van der Waals surface area contributed by atoms with Crippen LogP contribution in [0.5, 0.6) is 11.5 Å². The van der Waals surface area contributed by atoms with Gasteiger partial charge in [-0.2, -0.15) is 0 Å². The van der Waals surface area contributed by atoms with E-state index in [1.165, 1.54) is 0 Å². The maximum atomic E-state index is 12.0. The van der Waals surface area contributed by atoms with Gasteiger partial charge in [-0.15, -0.1) is 0 Å². The minimum atomic E-state index is -0.526. The number of phenolic OH excluding ortho intramolecular Hbond substituents is 1. The second kappa shape index (κ2) is 7.31. The maximum absolute atomic E-state index is 12.0. The molecule has 3 aromatic carbocycles. The van der Waals surface area contributed by atoms with E-state index in [9.17, 15) is 9.90 Å². The molecule has 0 saturated carbocycles. The van der Waals surface area contributed by atoms with Crippen molar-refractivity contribution in [2.75, 3.05) is 5.32 Å². The molecule has 132 valence electrons. The fourth-order valence-electron chi connectivity index (χ4n) is 2.76. The molecule has 0 radical (unpaired) electrons. The molecule has 0 fully saturated rings. The zero-order chi connectivity index (χ0) is 18.6. The smallest absolute Gasteiger partial charge is 0.417 e. The normalized spacial score (nSPS) is 11.0. The summed E-state index contributed by atoms with van der Waals surface area (Å²) in [6, 6.07) is 23.8. The largest absolute Gasteiger partial charge is 0.508 e. The van der Waals surface area contributed by atoms with Gasteiger partial charge in [0.15, 0.2) is 0 Å². The summed E-state index contributed by atoms with van der Waals surface area (Å²) in [6.07, 6.45) is -0.526. The van der Waals surface area contributed by atoms with Crippen molar-refractivity contribution < 1.29 is 14.6 Å². The molecule has 3 aromatic rings. The van der Waals surface area contributed by atoms with E-state index in [0.717, 1.165) is 11.1 Å². The molecule has 0 aromatic heterocycles. The Hall–Kier alpha value is -3.27. The topological polar surface area (TPSA) is 58.6 Å². The van der Waals surface area contributed by atoms with Crippen LogP contribution in [0, 0.1) is 0 Å². The Labute approximate surface area is 153 Å². The predicted octanol–water partition coefficient (Wildman–Crippen LogP) is 5.33. The molecule has 1 amide bonds. The van der Waals surface area contributed by atoms with E-state index in [1.54, 1.807) is 36.4 Å². The number of amides is 1. The van der Waals surface area contributed by atoms with Crippen LogP contribution >= 0.6 is 0 Å². The molecule has 0 aliphatic carbocycles. The zero-order valence-corrected chi connectivity index (χ0v) is 14.8. The highest BCUT2D eigenvalue weighted by atomic mass is 16.6. The van der Waals surface area contributed by atoms with Gasteiger partial charge in [0.25, 0.3) is 0 Å². The predicted molar refractivity (Wildman–Crippen MR) is 103 cm³/mol. The van der Waals surface area contributed by atoms with E-state index >= 15 is 0 Å². The van der Waals surface area contributed by atoms with Crippen LogP contribution in [-0.4, -0.2) is 11.2 Å². The van der Waals surface area contributed by atoms with Crippen molar-refractivity contribution in [2.45, 2.75) is 19.3 Å². The molecule has 0 spiro atoms. The van der Waals surface area contributed by atoms with Crippen LogP contribution in [0.4, 0.5) is 10.5 Å². The molecule has 0 atom stereocenters. The number of benzene rings is 3. The van der Waals surface area contributed by atoms with Crippen molar-refractivity contribution in [3.8, 4) is 11.5 Å². The Morgan fingerprint density at radius 2 is 1.38 bits per heavy atom. The maximum Gasteiger partial charge on any atom is 0.417 e. The Morgan fingerprint density at radius 1 is 0.846 bits per heavy atom. The van der Waals surface area contributed by atoms with Crippen molar-refractivity contribution in [3.63, 3.8) is 0 Å². The third-order valence-corrected chi connectivity index (χ3v) is 4.40. The molecular formula is C22H21NO3. The zero-order valence-electron chi connectivity index (χ0n) is 14.8. The molecule has 4 heteroatoms. The van der Waals surface area contributed by atoms with Crippen LogP contribution in [0.2, 0.25) is 0 Å². The molecule has 0 aliphatic heterocycles. The van der Waals surface area contributed by atoms with Gasteiger partial charge in [-0.05, 0) is 47.5 Å². The lowest BCUT2D eigenvalue weighted by Crippen LogP contribution is -2.19. The first-order chi connectivity index (χ1) is 12.4. The molecule has 0 aliphatic rings. The molecule has 26 heavy (non-hydrogen) atoms. The van der Waals surface area contributed by atoms with Gasteiger partial charge in [0.1, 0.15) is 11.5 Å². The van der Waals surface area contributed by atoms with Crippen LogP contribution in [-0.2, 0) is 5.41 Å². The number of nitrogens with one attached hydrogen (secondary N) is 1. The summed E-state index contributed by atoms with van der Waals surface area (Å²) < 4.78 is 5.32. The first-order valence-corrected chi connectivity index (χ1v) is 8.39. The molecular weight excluding hydrogens is 326 g/mol. The summed E-state index contributed by atoms with van der Waals surface area (Å²) in [4.78, 5) is 12.0. The second-order valence-electron chi connectivity index (χ2n) is 6.58. The minimum absolute atomic E-state index is 0.238. The summed E-state index contributed by atoms with van der Waals surface area (Å²) in [7, 11) is 0. The van der Waals surface area contributed by atoms with E-state index < -0.39 is 6.09 Å². The molecule has 0 unspecified atom stereocenters. The van der Waals surface area contributed by atoms with Crippen LogP contribution in [0.1, 0.15) is 25.0 Å². The average molecular weight is 347 g/mol. The molecule has 0 saturated heterocycles. The third-order valence-electron chi connectivity index (χ3n) is 4.40. The van der Waals surface area contributed by atoms with Gasteiger partial charge in [-0.1, -0.05) is 56.3 Å². The second-order valence-corrected chi connectivity index (χ2v) is 6.58. The standard InChI is InChI=1S/C22H21NO3/c1-22(2,16-8-12-19(24)13-9-16)17-10-14-20(15-11-17)26-21(25)23-18-6-4-3-5-7-18/h3-15,24H,1-2H3,(H,23,25). The van der Waals surface area contributed by atoms with Crippen LogP contribution < -0.4 is 10.1 Å². The minimum Gasteiger partial charge on any atom is -0.508 e. The van der Waals surface area contributed by atoms with Crippen molar-refractivity contribution in [1.82, 2.24) is 0 Å². The van der Waals surface area contributed by atoms with Gasteiger partial charge >= 0.3 is 6.09 Å². The van der Waals surface area contributed by atoms with Gasteiger partial charge in [-0.3, -0.25) is 5.32 Å². The number of aromatic hydroxyl groups is 1. The van der Waals surface area contributed by atoms with E-state index in [4.69, 9.17) is 4.74 Å². The van der Waals surface area contributed by atoms with Crippen LogP contribution in [0.3, 0.4) is 0 Å². The number of hydrogen-bond acceptors (Lipinski definition) is 3. The Morgan fingerprint density at radius 3 is 1.96 bits per heavy atom. The summed E-state index contributed by atoms with van der Waals surface area (Å²) >= 11 is 0. The van der Waals surface area contributed by atoms with E-state index in [0.29, 0.717) is 11.4 Å². The molecule has 0 bridgehead atoms. The number of carbonyl (C=O) groups excluding carboxylic acids is 1. The fraction of sp³-hybridized carbons (Fsp3) is 0.136. The molecule has 2 N–H and O–H groups in total. The Bertz CT molecular complexity index is 870. The van der Waals surface area contributed by atoms with Crippen molar-refractivity contribution in [1.29, 1.82) is 0 Å². The van der Waals surface area contributed by atoms with Crippen LogP contribution in [0.25, 0.3) is 0 Å². The highest BCUT2D eigenvalue weighted by Crippen LogP contribution is 2.33.